The molecule has 0 aromatic heterocycles. The molecule has 1 aliphatic rings. The van der Waals surface area contributed by atoms with Crippen LogP contribution in [0.5, 0.6) is 0 Å². The molecule has 3 heteroatoms. The topological polar surface area (TPSA) is 20.3 Å². The van der Waals surface area contributed by atoms with Gasteiger partial charge in [-0.15, -0.1) is 12.6 Å². The van der Waals surface area contributed by atoms with E-state index in [1.54, 1.807) is 4.90 Å². The van der Waals surface area contributed by atoms with Crippen LogP contribution in [0, 0.1) is 0 Å². The number of thiol groups is 1. The summed E-state index contributed by atoms with van der Waals surface area (Å²) in [5, 5.41) is 0. The third kappa shape index (κ3) is 1.44. The molecule has 1 amide bonds. The van der Waals surface area contributed by atoms with Gasteiger partial charge in [0.15, 0.2) is 0 Å². The summed E-state index contributed by atoms with van der Waals surface area (Å²) in [6.45, 7) is 0. The Kier molecular flexibility index (Phi) is 2.04. The summed E-state index contributed by atoms with van der Waals surface area (Å²) < 4.78 is 0. The molecule has 0 atom stereocenters. The summed E-state index contributed by atoms with van der Waals surface area (Å²) in [5.41, 5.74) is 2.24. The Morgan fingerprint density at radius 2 is 2.15 bits per heavy atom. The Morgan fingerprint density at radius 3 is 2.92 bits per heavy atom. The van der Waals surface area contributed by atoms with Gasteiger partial charge in [0.25, 0.3) is 0 Å². The number of anilines is 1. The Balaban J connectivity index is 2.49. The van der Waals surface area contributed by atoms with Crippen LogP contribution >= 0.6 is 12.6 Å². The highest BCUT2D eigenvalue weighted by Gasteiger charge is 2.20. The van der Waals surface area contributed by atoms with Gasteiger partial charge in [0.05, 0.1) is 0 Å². The lowest BCUT2D eigenvalue weighted by Gasteiger charge is -2.25. The van der Waals surface area contributed by atoms with Crippen LogP contribution in [0.15, 0.2) is 23.1 Å². The van der Waals surface area contributed by atoms with Gasteiger partial charge >= 0.3 is 0 Å². The van der Waals surface area contributed by atoms with Gasteiger partial charge in [-0.05, 0) is 30.2 Å². The number of hydrogen-bond donors (Lipinski definition) is 1. The second-order valence-electron chi connectivity index (χ2n) is 3.27. The molecule has 0 N–H and O–H groups in total. The molecular formula is C10H11NOS. The van der Waals surface area contributed by atoms with Gasteiger partial charge in [-0.3, -0.25) is 4.79 Å². The monoisotopic (exact) mass is 193 g/mol. The highest BCUT2D eigenvalue weighted by atomic mass is 32.1. The molecule has 1 aromatic rings. The quantitative estimate of drug-likeness (QED) is 0.624. The van der Waals surface area contributed by atoms with E-state index in [-0.39, 0.29) is 5.91 Å². The lowest BCUT2D eigenvalue weighted by Crippen LogP contribution is -2.30. The zero-order valence-corrected chi connectivity index (χ0v) is 8.34. The predicted octanol–water partition coefficient (Wildman–Crippen LogP) is 1.88. The van der Waals surface area contributed by atoms with Crippen molar-refractivity contribution in [2.75, 3.05) is 11.9 Å². The molecular weight excluding hydrogens is 182 g/mol. The zero-order valence-electron chi connectivity index (χ0n) is 7.45. The zero-order chi connectivity index (χ0) is 9.42. The average Bonchev–Trinajstić information content (AvgIpc) is 2.12. The molecule has 0 aliphatic carbocycles. The molecule has 1 aliphatic heterocycles. The molecule has 13 heavy (non-hydrogen) atoms. The standard InChI is InChI=1S/C10H11NOS/c1-11-9-4-3-8(13)6-7(9)2-5-10(11)12/h3-4,6,13H,2,5H2,1H3. The van der Waals surface area contributed by atoms with Crippen LogP contribution in [-0.2, 0) is 11.2 Å². The van der Waals surface area contributed by atoms with E-state index in [0.29, 0.717) is 6.42 Å². The molecule has 2 nitrogen and oxygen atoms in total. The Bertz CT molecular complexity index is 362. The SMILES string of the molecule is CN1C(=O)CCc2cc(S)ccc21. The molecule has 0 spiro atoms. The number of benzene rings is 1. The molecule has 0 bridgehead atoms. The maximum absolute atomic E-state index is 11.3. The van der Waals surface area contributed by atoms with Crippen molar-refractivity contribution in [2.45, 2.75) is 17.7 Å². The van der Waals surface area contributed by atoms with E-state index in [1.165, 1.54) is 5.56 Å². The van der Waals surface area contributed by atoms with Crippen LogP contribution < -0.4 is 4.90 Å². The minimum atomic E-state index is 0.194. The molecule has 0 fully saturated rings. The van der Waals surface area contributed by atoms with E-state index < -0.39 is 0 Å². The van der Waals surface area contributed by atoms with E-state index in [1.807, 2.05) is 25.2 Å². The van der Waals surface area contributed by atoms with E-state index in [4.69, 9.17) is 0 Å². The largest absolute Gasteiger partial charge is 0.315 e. The predicted molar refractivity (Wildman–Crippen MR) is 55.4 cm³/mol. The first-order valence-corrected chi connectivity index (χ1v) is 4.71. The van der Waals surface area contributed by atoms with Crippen LogP contribution in [0.25, 0.3) is 0 Å². The van der Waals surface area contributed by atoms with E-state index in [2.05, 4.69) is 12.6 Å². The molecule has 68 valence electrons. The number of carbonyl (C=O) groups excluding carboxylic acids is 1. The van der Waals surface area contributed by atoms with Crippen molar-refractivity contribution in [1.82, 2.24) is 0 Å². The van der Waals surface area contributed by atoms with Gasteiger partial charge < -0.3 is 4.90 Å². The number of amides is 1. The van der Waals surface area contributed by atoms with Crippen molar-refractivity contribution in [3.63, 3.8) is 0 Å². The van der Waals surface area contributed by atoms with Crippen LogP contribution in [0.1, 0.15) is 12.0 Å². The maximum atomic E-state index is 11.3. The van der Waals surface area contributed by atoms with Crippen molar-refractivity contribution in [3.05, 3.63) is 23.8 Å². The Hall–Kier alpha value is -0.960. The summed E-state index contributed by atoms with van der Waals surface area (Å²) in [4.78, 5) is 14.0. The molecule has 1 aromatic carbocycles. The van der Waals surface area contributed by atoms with Crippen LogP contribution in [-0.4, -0.2) is 13.0 Å². The van der Waals surface area contributed by atoms with E-state index >= 15 is 0 Å². The molecule has 0 radical (unpaired) electrons. The van der Waals surface area contributed by atoms with Crippen LogP contribution in [0.3, 0.4) is 0 Å². The summed E-state index contributed by atoms with van der Waals surface area (Å²) in [7, 11) is 1.82. The summed E-state index contributed by atoms with van der Waals surface area (Å²) in [6, 6.07) is 5.90. The van der Waals surface area contributed by atoms with Crippen molar-refractivity contribution in [1.29, 1.82) is 0 Å². The van der Waals surface area contributed by atoms with Gasteiger partial charge in [-0.2, -0.15) is 0 Å². The summed E-state index contributed by atoms with van der Waals surface area (Å²) in [6.07, 6.45) is 1.45. The molecule has 0 saturated heterocycles. The molecule has 0 saturated carbocycles. The van der Waals surface area contributed by atoms with Crippen LogP contribution in [0.2, 0.25) is 0 Å². The fraction of sp³-hybridized carbons (Fsp3) is 0.300. The van der Waals surface area contributed by atoms with E-state index in [9.17, 15) is 4.79 Å². The lowest BCUT2D eigenvalue weighted by atomic mass is 10.0. The number of hydrogen-bond acceptors (Lipinski definition) is 2. The first-order valence-electron chi connectivity index (χ1n) is 4.27. The minimum Gasteiger partial charge on any atom is -0.315 e. The van der Waals surface area contributed by atoms with Gasteiger partial charge in [0.1, 0.15) is 0 Å². The second kappa shape index (κ2) is 3.07. The number of carbonyl (C=O) groups is 1. The highest BCUT2D eigenvalue weighted by Crippen LogP contribution is 2.28. The fourth-order valence-electron chi connectivity index (χ4n) is 1.64. The number of rotatable bonds is 0. The molecule has 0 unspecified atom stereocenters. The van der Waals surface area contributed by atoms with Gasteiger partial charge in [-0.25, -0.2) is 0 Å². The van der Waals surface area contributed by atoms with Gasteiger partial charge in [-0.1, -0.05) is 0 Å². The van der Waals surface area contributed by atoms with Gasteiger partial charge in [0, 0.05) is 24.1 Å². The normalized spacial score (nSPS) is 15.8. The van der Waals surface area contributed by atoms with Crippen molar-refractivity contribution in [2.24, 2.45) is 0 Å². The number of aryl methyl sites for hydroxylation is 1. The third-order valence-electron chi connectivity index (χ3n) is 2.41. The lowest BCUT2D eigenvalue weighted by molar-refractivity contribution is -0.118. The number of fused-ring (bicyclic) bond motifs is 1. The molecule has 1 heterocycles. The van der Waals surface area contributed by atoms with E-state index in [0.717, 1.165) is 17.0 Å². The molecule has 2 rings (SSSR count). The third-order valence-corrected chi connectivity index (χ3v) is 2.68. The first-order chi connectivity index (χ1) is 6.18. The smallest absolute Gasteiger partial charge is 0.227 e. The summed E-state index contributed by atoms with van der Waals surface area (Å²) in [5.74, 6) is 0.194. The minimum absolute atomic E-state index is 0.194. The van der Waals surface area contributed by atoms with Crippen molar-refractivity contribution < 1.29 is 4.79 Å². The average molecular weight is 193 g/mol. The Morgan fingerprint density at radius 1 is 1.38 bits per heavy atom. The van der Waals surface area contributed by atoms with Crippen LogP contribution in [0.4, 0.5) is 5.69 Å². The fourth-order valence-corrected chi connectivity index (χ4v) is 1.87. The highest BCUT2D eigenvalue weighted by molar-refractivity contribution is 7.80. The maximum Gasteiger partial charge on any atom is 0.227 e. The second-order valence-corrected chi connectivity index (χ2v) is 3.78. The number of nitrogens with zero attached hydrogens (tertiary/aromatic N) is 1. The Labute approximate surface area is 83.0 Å². The van der Waals surface area contributed by atoms with Crippen molar-refractivity contribution >= 4 is 24.2 Å². The first kappa shape index (κ1) is 8.63. The van der Waals surface area contributed by atoms with Gasteiger partial charge in [0.2, 0.25) is 5.91 Å². The summed E-state index contributed by atoms with van der Waals surface area (Å²) >= 11 is 4.27. The van der Waals surface area contributed by atoms with Crippen molar-refractivity contribution in [3.8, 4) is 0 Å².